The lowest BCUT2D eigenvalue weighted by Gasteiger charge is -2.33. The quantitative estimate of drug-likeness (QED) is 0.823. The number of rotatable bonds is 5. The SMILES string of the molecule is CC(CS(=O)(=O)c1ccc(F)cc1)C(=O)N(C)C1CCNCC1. The summed E-state index contributed by atoms with van der Waals surface area (Å²) in [5, 5.41) is 3.24. The molecule has 128 valence electrons. The highest BCUT2D eigenvalue weighted by molar-refractivity contribution is 7.91. The Bertz CT molecular complexity index is 640. The Morgan fingerprint density at radius 3 is 2.43 bits per heavy atom. The van der Waals surface area contributed by atoms with Gasteiger partial charge in [-0.3, -0.25) is 4.79 Å². The molecule has 1 aliphatic rings. The smallest absolute Gasteiger partial charge is 0.226 e. The van der Waals surface area contributed by atoms with Gasteiger partial charge >= 0.3 is 0 Å². The van der Waals surface area contributed by atoms with Crippen molar-refractivity contribution < 1.29 is 17.6 Å². The molecule has 0 bridgehead atoms. The van der Waals surface area contributed by atoms with E-state index in [4.69, 9.17) is 0 Å². The summed E-state index contributed by atoms with van der Waals surface area (Å²) in [6.45, 7) is 3.36. The van der Waals surface area contributed by atoms with Gasteiger partial charge in [-0.2, -0.15) is 0 Å². The van der Waals surface area contributed by atoms with Crippen LogP contribution in [-0.4, -0.2) is 51.2 Å². The molecule has 1 atom stereocenters. The average molecular weight is 342 g/mol. The van der Waals surface area contributed by atoms with E-state index in [1.807, 2.05) is 0 Å². The average Bonchev–Trinajstić information content (AvgIpc) is 2.54. The molecule has 0 aromatic heterocycles. The van der Waals surface area contributed by atoms with Crippen molar-refractivity contribution in [3.05, 3.63) is 30.1 Å². The lowest BCUT2D eigenvalue weighted by atomic mass is 10.0. The Hall–Kier alpha value is -1.47. The number of nitrogens with one attached hydrogen (secondary N) is 1. The zero-order valence-electron chi connectivity index (χ0n) is 13.5. The van der Waals surface area contributed by atoms with Crippen molar-refractivity contribution in [2.24, 2.45) is 5.92 Å². The Kier molecular flexibility index (Phi) is 5.75. The van der Waals surface area contributed by atoms with Gasteiger partial charge in [-0.05, 0) is 50.2 Å². The number of benzene rings is 1. The normalized spacial score (nSPS) is 17.7. The van der Waals surface area contributed by atoms with Crippen LogP contribution in [0.5, 0.6) is 0 Å². The van der Waals surface area contributed by atoms with Gasteiger partial charge in [0.1, 0.15) is 5.82 Å². The molecule has 1 amide bonds. The van der Waals surface area contributed by atoms with Crippen LogP contribution in [0.1, 0.15) is 19.8 Å². The Balaban J connectivity index is 2.03. The van der Waals surface area contributed by atoms with Crippen LogP contribution in [-0.2, 0) is 14.6 Å². The summed E-state index contributed by atoms with van der Waals surface area (Å²) in [5.41, 5.74) is 0. The lowest BCUT2D eigenvalue weighted by Crippen LogP contribution is -2.46. The van der Waals surface area contributed by atoms with Gasteiger partial charge < -0.3 is 10.2 Å². The van der Waals surface area contributed by atoms with Crippen molar-refractivity contribution in [2.45, 2.75) is 30.7 Å². The van der Waals surface area contributed by atoms with E-state index < -0.39 is 21.6 Å². The molecule has 0 radical (unpaired) electrons. The van der Waals surface area contributed by atoms with Crippen molar-refractivity contribution in [1.82, 2.24) is 10.2 Å². The highest BCUT2D eigenvalue weighted by Gasteiger charge is 2.29. The summed E-state index contributed by atoms with van der Waals surface area (Å²) in [5.74, 6) is -1.56. The molecule has 1 N–H and O–H groups in total. The summed E-state index contributed by atoms with van der Waals surface area (Å²) in [6.07, 6.45) is 1.75. The number of piperidine rings is 1. The van der Waals surface area contributed by atoms with Gasteiger partial charge in [0.15, 0.2) is 9.84 Å². The third-order valence-corrected chi connectivity index (χ3v) is 6.20. The molecule has 1 aliphatic heterocycles. The predicted molar refractivity (Wildman–Crippen MR) is 86.3 cm³/mol. The predicted octanol–water partition coefficient (Wildman–Crippen LogP) is 1.45. The van der Waals surface area contributed by atoms with Crippen molar-refractivity contribution in [3.8, 4) is 0 Å². The molecule has 5 nitrogen and oxygen atoms in total. The molecule has 1 heterocycles. The lowest BCUT2D eigenvalue weighted by molar-refractivity contribution is -0.135. The third kappa shape index (κ3) is 4.51. The van der Waals surface area contributed by atoms with Crippen LogP contribution in [0.2, 0.25) is 0 Å². The maximum atomic E-state index is 12.9. The number of hydrogen-bond acceptors (Lipinski definition) is 4. The zero-order chi connectivity index (χ0) is 17.0. The molecule has 0 spiro atoms. The molecule has 7 heteroatoms. The molecule has 1 aromatic rings. The highest BCUT2D eigenvalue weighted by Crippen LogP contribution is 2.18. The number of amides is 1. The van der Waals surface area contributed by atoms with Crippen molar-refractivity contribution in [3.63, 3.8) is 0 Å². The van der Waals surface area contributed by atoms with Crippen LogP contribution < -0.4 is 5.32 Å². The monoisotopic (exact) mass is 342 g/mol. The molecular formula is C16H23FN2O3S. The largest absolute Gasteiger partial charge is 0.342 e. The van der Waals surface area contributed by atoms with Gasteiger partial charge in [0.25, 0.3) is 0 Å². The van der Waals surface area contributed by atoms with Gasteiger partial charge in [0.05, 0.1) is 10.6 Å². The number of carbonyl (C=O) groups is 1. The molecular weight excluding hydrogens is 319 g/mol. The first kappa shape index (κ1) is 17.9. The molecule has 1 aromatic carbocycles. The second-order valence-electron chi connectivity index (χ2n) is 6.07. The molecule has 1 saturated heterocycles. The first-order chi connectivity index (χ1) is 10.8. The summed E-state index contributed by atoms with van der Waals surface area (Å²) in [6, 6.07) is 4.84. The molecule has 1 unspecified atom stereocenters. The second-order valence-corrected chi connectivity index (χ2v) is 8.10. The van der Waals surface area contributed by atoms with Gasteiger partial charge in [-0.25, -0.2) is 12.8 Å². The summed E-state index contributed by atoms with van der Waals surface area (Å²) < 4.78 is 37.6. The summed E-state index contributed by atoms with van der Waals surface area (Å²) >= 11 is 0. The van der Waals surface area contributed by atoms with Gasteiger partial charge in [-0.15, -0.1) is 0 Å². The van der Waals surface area contributed by atoms with Crippen LogP contribution >= 0.6 is 0 Å². The summed E-state index contributed by atoms with van der Waals surface area (Å²) in [7, 11) is -1.88. The maximum Gasteiger partial charge on any atom is 0.226 e. The Morgan fingerprint density at radius 2 is 1.87 bits per heavy atom. The second kappa shape index (κ2) is 7.40. The van der Waals surface area contributed by atoms with E-state index in [2.05, 4.69) is 5.32 Å². The fourth-order valence-corrected chi connectivity index (χ4v) is 4.40. The van der Waals surface area contributed by atoms with Crippen LogP contribution in [0.25, 0.3) is 0 Å². The van der Waals surface area contributed by atoms with Crippen LogP contribution in [0.4, 0.5) is 4.39 Å². The molecule has 0 aliphatic carbocycles. The standard InChI is InChI=1S/C16H23FN2O3S/c1-12(16(20)19(2)14-7-9-18-10-8-14)11-23(21,22)15-5-3-13(17)4-6-15/h3-6,12,14,18H,7-11H2,1-2H3. The van der Waals surface area contributed by atoms with Gasteiger partial charge in [-0.1, -0.05) is 6.92 Å². The minimum atomic E-state index is -3.61. The number of sulfone groups is 1. The number of hydrogen-bond donors (Lipinski definition) is 1. The van der Waals surface area contributed by atoms with E-state index in [1.54, 1.807) is 18.9 Å². The zero-order valence-corrected chi connectivity index (χ0v) is 14.3. The number of carbonyl (C=O) groups excluding carboxylic acids is 1. The van der Waals surface area contributed by atoms with E-state index >= 15 is 0 Å². The molecule has 0 saturated carbocycles. The van der Waals surface area contributed by atoms with Crippen LogP contribution in [0.3, 0.4) is 0 Å². The van der Waals surface area contributed by atoms with Crippen LogP contribution in [0, 0.1) is 11.7 Å². The molecule has 2 rings (SSSR count). The van der Waals surface area contributed by atoms with Gasteiger partial charge in [0.2, 0.25) is 5.91 Å². The van der Waals surface area contributed by atoms with Crippen LogP contribution in [0.15, 0.2) is 29.2 Å². The minimum absolute atomic E-state index is 0.0445. The molecule has 1 fully saturated rings. The van der Waals surface area contributed by atoms with E-state index in [0.29, 0.717) is 0 Å². The van der Waals surface area contributed by atoms with Crippen molar-refractivity contribution in [2.75, 3.05) is 25.9 Å². The minimum Gasteiger partial charge on any atom is -0.342 e. The van der Waals surface area contributed by atoms with E-state index in [0.717, 1.165) is 38.1 Å². The summed E-state index contributed by atoms with van der Waals surface area (Å²) in [4.78, 5) is 14.2. The third-order valence-electron chi connectivity index (χ3n) is 4.27. The van der Waals surface area contributed by atoms with E-state index in [-0.39, 0.29) is 22.6 Å². The maximum absolute atomic E-state index is 12.9. The van der Waals surface area contributed by atoms with E-state index in [1.165, 1.54) is 12.1 Å². The number of nitrogens with zero attached hydrogens (tertiary/aromatic N) is 1. The topological polar surface area (TPSA) is 66.5 Å². The fourth-order valence-electron chi connectivity index (χ4n) is 2.86. The first-order valence-corrected chi connectivity index (χ1v) is 9.42. The first-order valence-electron chi connectivity index (χ1n) is 7.77. The van der Waals surface area contributed by atoms with Crippen molar-refractivity contribution in [1.29, 1.82) is 0 Å². The van der Waals surface area contributed by atoms with Gasteiger partial charge in [0, 0.05) is 19.0 Å². The number of halogens is 1. The molecule has 23 heavy (non-hydrogen) atoms. The van der Waals surface area contributed by atoms with E-state index in [9.17, 15) is 17.6 Å². The highest BCUT2D eigenvalue weighted by atomic mass is 32.2. The Labute approximate surface area is 136 Å². The fraction of sp³-hybridized carbons (Fsp3) is 0.562. The van der Waals surface area contributed by atoms with Crippen molar-refractivity contribution >= 4 is 15.7 Å². The Morgan fingerprint density at radius 1 is 1.30 bits per heavy atom.